The Morgan fingerprint density at radius 1 is 1.50 bits per heavy atom. The zero-order chi connectivity index (χ0) is 13.5. The average molecular weight is 253 g/mol. The van der Waals surface area contributed by atoms with Gasteiger partial charge in [0.2, 0.25) is 5.91 Å². The Bertz CT molecular complexity index is 386. The van der Waals surface area contributed by atoms with Gasteiger partial charge in [-0.05, 0) is 18.6 Å². The van der Waals surface area contributed by atoms with E-state index in [9.17, 15) is 9.59 Å². The Kier molecular flexibility index (Phi) is 5.42. The summed E-state index contributed by atoms with van der Waals surface area (Å²) < 4.78 is 5.19. The molecule has 1 atom stereocenters. The van der Waals surface area contributed by atoms with Gasteiger partial charge < -0.3 is 14.4 Å². The predicted molar refractivity (Wildman–Crippen MR) is 65.8 cm³/mol. The maximum atomic E-state index is 11.9. The van der Waals surface area contributed by atoms with Crippen LogP contribution in [0.4, 0.5) is 0 Å². The lowest BCUT2D eigenvalue weighted by atomic mass is 10.1. The Morgan fingerprint density at radius 2 is 2.22 bits per heavy atom. The maximum Gasteiger partial charge on any atom is 0.308 e. The Morgan fingerprint density at radius 3 is 2.72 bits per heavy atom. The van der Waals surface area contributed by atoms with Gasteiger partial charge in [-0.2, -0.15) is 0 Å². The van der Waals surface area contributed by atoms with Crippen LogP contribution in [0.2, 0.25) is 0 Å². The van der Waals surface area contributed by atoms with Crippen LogP contribution in [0.3, 0.4) is 0 Å². The van der Waals surface area contributed by atoms with Crippen molar-refractivity contribution in [3.63, 3.8) is 0 Å². The van der Waals surface area contributed by atoms with Gasteiger partial charge in [0.25, 0.3) is 0 Å². The van der Waals surface area contributed by atoms with Crippen molar-refractivity contribution in [2.75, 3.05) is 6.54 Å². The molecule has 5 heteroatoms. The smallest absolute Gasteiger partial charge is 0.308 e. The number of nitrogens with zero attached hydrogens (tertiary/aromatic N) is 1. The molecule has 100 valence electrons. The lowest BCUT2D eigenvalue weighted by Gasteiger charge is -2.23. The first kappa shape index (κ1) is 14.3. The van der Waals surface area contributed by atoms with E-state index in [2.05, 4.69) is 0 Å². The van der Waals surface area contributed by atoms with E-state index in [0.717, 1.165) is 6.42 Å². The number of hydrogen-bond donors (Lipinski definition) is 1. The van der Waals surface area contributed by atoms with E-state index in [1.165, 1.54) is 0 Å². The van der Waals surface area contributed by atoms with Crippen molar-refractivity contribution in [3.05, 3.63) is 24.2 Å². The monoisotopic (exact) mass is 253 g/mol. The molecule has 0 aromatic carbocycles. The topological polar surface area (TPSA) is 70.8 Å². The van der Waals surface area contributed by atoms with Gasteiger partial charge >= 0.3 is 5.97 Å². The normalized spacial score (nSPS) is 12.1. The van der Waals surface area contributed by atoms with Gasteiger partial charge in [0.05, 0.1) is 18.7 Å². The Labute approximate surface area is 106 Å². The van der Waals surface area contributed by atoms with Crippen LogP contribution < -0.4 is 0 Å². The summed E-state index contributed by atoms with van der Waals surface area (Å²) in [7, 11) is 0. The number of carboxylic acids is 1. The minimum absolute atomic E-state index is 0.0398. The van der Waals surface area contributed by atoms with E-state index in [1.54, 1.807) is 30.2 Å². The molecule has 0 bridgehead atoms. The van der Waals surface area contributed by atoms with Crippen molar-refractivity contribution in [3.8, 4) is 0 Å². The maximum absolute atomic E-state index is 11.9. The van der Waals surface area contributed by atoms with Crippen LogP contribution >= 0.6 is 0 Å². The Hall–Kier alpha value is -1.78. The number of amides is 1. The van der Waals surface area contributed by atoms with Gasteiger partial charge in [-0.15, -0.1) is 0 Å². The molecule has 0 radical (unpaired) electrons. The molecule has 0 spiro atoms. The van der Waals surface area contributed by atoms with Gasteiger partial charge in [0.1, 0.15) is 5.76 Å². The second kappa shape index (κ2) is 6.83. The fraction of sp³-hybridized carbons (Fsp3) is 0.538. The van der Waals surface area contributed by atoms with E-state index in [-0.39, 0.29) is 12.5 Å². The molecule has 1 heterocycles. The van der Waals surface area contributed by atoms with E-state index in [0.29, 0.717) is 18.7 Å². The molecular weight excluding hydrogens is 234 g/mol. The SMILES string of the molecule is CCCC(=O)N(Cc1ccco1)CC(C)C(=O)O. The summed E-state index contributed by atoms with van der Waals surface area (Å²) in [6.07, 6.45) is 2.71. The van der Waals surface area contributed by atoms with E-state index >= 15 is 0 Å². The average Bonchev–Trinajstić information content (AvgIpc) is 2.81. The molecule has 1 rings (SSSR count). The minimum atomic E-state index is -0.899. The second-order valence-corrected chi connectivity index (χ2v) is 4.34. The summed E-state index contributed by atoms with van der Waals surface area (Å²) in [5, 5.41) is 8.91. The highest BCUT2D eigenvalue weighted by molar-refractivity contribution is 5.77. The number of furan rings is 1. The Balaban J connectivity index is 2.68. The first-order valence-corrected chi connectivity index (χ1v) is 6.07. The van der Waals surface area contributed by atoms with Crippen LogP contribution in [0.25, 0.3) is 0 Å². The summed E-state index contributed by atoms with van der Waals surface area (Å²) >= 11 is 0. The quantitative estimate of drug-likeness (QED) is 0.808. The summed E-state index contributed by atoms with van der Waals surface area (Å²) in [5.41, 5.74) is 0. The van der Waals surface area contributed by atoms with Crippen molar-refractivity contribution in [2.24, 2.45) is 5.92 Å². The molecule has 1 N–H and O–H groups in total. The standard InChI is InChI=1S/C13H19NO4/c1-3-5-12(15)14(8-10(2)13(16)17)9-11-6-4-7-18-11/h4,6-7,10H,3,5,8-9H2,1-2H3,(H,16,17). The summed E-state index contributed by atoms with van der Waals surface area (Å²) in [6, 6.07) is 3.52. The first-order chi connectivity index (χ1) is 8.54. The largest absolute Gasteiger partial charge is 0.481 e. The van der Waals surface area contributed by atoms with Crippen molar-refractivity contribution in [2.45, 2.75) is 33.2 Å². The molecule has 1 unspecified atom stereocenters. The van der Waals surface area contributed by atoms with Crippen LogP contribution in [0, 0.1) is 5.92 Å². The third-order valence-corrected chi connectivity index (χ3v) is 2.66. The number of carbonyl (C=O) groups excluding carboxylic acids is 1. The van der Waals surface area contributed by atoms with Gasteiger partial charge in [0.15, 0.2) is 0 Å². The zero-order valence-corrected chi connectivity index (χ0v) is 10.8. The number of aliphatic carboxylic acids is 1. The van der Waals surface area contributed by atoms with Crippen LogP contribution in [0.5, 0.6) is 0 Å². The molecule has 0 aliphatic carbocycles. The molecular formula is C13H19NO4. The highest BCUT2D eigenvalue weighted by Crippen LogP contribution is 2.11. The van der Waals surface area contributed by atoms with E-state index in [4.69, 9.17) is 9.52 Å². The minimum Gasteiger partial charge on any atom is -0.481 e. The molecule has 1 aromatic heterocycles. The molecule has 5 nitrogen and oxygen atoms in total. The van der Waals surface area contributed by atoms with Crippen LogP contribution in [0.1, 0.15) is 32.4 Å². The van der Waals surface area contributed by atoms with Crippen molar-refractivity contribution >= 4 is 11.9 Å². The van der Waals surface area contributed by atoms with Crippen molar-refractivity contribution in [1.82, 2.24) is 4.90 Å². The molecule has 0 fully saturated rings. The third-order valence-electron chi connectivity index (χ3n) is 2.66. The van der Waals surface area contributed by atoms with E-state index < -0.39 is 11.9 Å². The number of hydrogen-bond acceptors (Lipinski definition) is 3. The lowest BCUT2D eigenvalue weighted by molar-refractivity contribution is -0.143. The molecule has 0 saturated heterocycles. The molecule has 18 heavy (non-hydrogen) atoms. The number of carbonyl (C=O) groups is 2. The highest BCUT2D eigenvalue weighted by Gasteiger charge is 2.20. The summed E-state index contributed by atoms with van der Waals surface area (Å²) in [5.74, 6) is -0.858. The molecule has 1 aromatic rings. The van der Waals surface area contributed by atoms with Crippen LogP contribution in [-0.4, -0.2) is 28.4 Å². The third kappa shape index (κ3) is 4.24. The summed E-state index contributed by atoms with van der Waals surface area (Å²) in [6.45, 7) is 4.04. The fourth-order valence-corrected chi connectivity index (χ4v) is 1.63. The van der Waals surface area contributed by atoms with Crippen molar-refractivity contribution in [1.29, 1.82) is 0 Å². The molecule has 0 aliphatic heterocycles. The van der Waals surface area contributed by atoms with E-state index in [1.807, 2.05) is 6.92 Å². The fourth-order valence-electron chi connectivity index (χ4n) is 1.63. The van der Waals surface area contributed by atoms with Crippen LogP contribution in [0.15, 0.2) is 22.8 Å². The second-order valence-electron chi connectivity index (χ2n) is 4.34. The van der Waals surface area contributed by atoms with Gasteiger partial charge in [-0.3, -0.25) is 9.59 Å². The lowest BCUT2D eigenvalue weighted by Crippen LogP contribution is -2.36. The first-order valence-electron chi connectivity index (χ1n) is 6.07. The van der Waals surface area contributed by atoms with Gasteiger partial charge in [0, 0.05) is 13.0 Å². The highest BCUT2D eigenvalue weighted by atomic mass is 16.4. The number of rotatable bonds is 7. The van der Waals surface area contributed by atoms with Gasteiger partial charge in [-0.1, -0.05) is 13.8 Å². The predicted octanol–water partition coefficient (Wildman–Crippen LogP) is 2.13. The molecule has 1 amide bonds. The summed E-state index contributed by atoms with van der Waals surface area (Å²) in [4.78, 5) is 24.3. The molecule has 0 saturated carbocycles. The molecule has 0 aliphatic rings. The number of carboxylic acid groups (broad SMARTS) is 1. The zero-order valence-electron chi connectivity index (χ0n) is 10.8. The van der Waals surface area contributed by atoms with Crippen molar-refractivity contribution < 1.29 is 19.1 Å². The van der Waals surface area contributed by atoms with Gasteiger partial charge in [-0.25, -0.2) is 0 Å². The van der Waals surface area contributed by atoms with Crippen LogP contribution in [-0.2, 0) is 16.1 Å².